The summed E-state index contributed by atoms with van der Waals surface area (Å²) in [5, 5.41) is 11.1. The lowest BCUT2D eigenvalue weighted by Crippen LogP contribution is -2.24. The molecule has 16 heavy (non-hydrogen) atoms. The molecule has 0 saturated carbocycles. The van der Waals surface area contributed by atoms with Gasteiger partial charge in [0, 0.05) is 6.92 Å². The monoisotopic (exact) mass is 219 g/mol. The first-order chi connectivity index (χ1) is 7.68. The van der Waals surface area contributed by atoms with Crippen LogP contribution < -0.4 is 5.73 Å². The predicted molar refractivity (Wildman–Crippen MR) is 56.3 cm³/mol. The molecule has 0 fully saturated rings. The Morgan fingerprint density at radius 1 is 1.50 bits per heavy atom. The van der Waals surface area contributed by atoms with Gasteiger partial charge in [-0.15, -0.1) is 5.10 Å². The molecule has 0 aliphatic carbocycles. The standard InChI is InChI=1S/C9H9N5O2/c1-6(15)16-12-9(10)14-8-5-3-2-4-7(8)11-13-14/h2-5H,1H3,(H2,10,12). The van der Waals surface area contributed by atoms with Gasteiger partial charge in [-0.3, -0.25) is 0 Å². The van der Waals surface area contributed by atoms with E-state index in [0.29, 0.717) is 11.0 Å². The third kappa shape index (κ3) is 1.83. The molecule has 7 nitrogen and oxygen atoms in total. The minimum absolute atomic E-state index is 0.0519. The van der Waals surface area contributed by atoms with Gasteiger partial charge in [0.15, 0.2) is 0 Å². The number of carbonyl (C=O) groups excluding carboxylic acids is 1. The topological polar surface area (TPSA) is 95.4 Å². The highest BCUT2D eigenvalue weighted by Gasteiger charge is 2.07. The average molecular weight is 219 g/mol. The average Bonchev–Trinajstić information content (AvgIpc) is 2.69. The molecular formula is C9H9N5O2. The largest absolute Gasteiger partial charge is 0.365 e. The number of carbonyl (C=O) groups is 1. The molecule has 0 aliphatic heterocycles. The van der Waals surface area contributed by atoms with Crippen LogP contribution in [0.2, 0.25) is 0 Å². The van der Waals surface area contributed by atoms with Crippen molar-refractivity contribution in [2.24, 2.45) is 10.9 Å². The summed E-state index contributed by atoms with van der Waals surface area (Å²) in [4.78, 5) is 15.0. The maximum atomic E-state index is 10.6. The smallest absolute Gasteiger partial charge is 0.332 e. The van der Waals surface area contributed by atoms with Crippen LogP contribution in [-0.2, 0) is 9.63 Å². The molecule has 7 heteroatoms. The van der Waals surface area contributed by atoms with Crippen molar-refractivity contribution in [2.45, 2.75) is 6.92 Å². The summed E-state index contributed by atoms with van der Waals surface area (Å²) in [6.07, 6.45) is 0. The summed E-state index contributed by atoms with van der Waals surface area (Å²) in [7, 11) is 0. The quantitative estimate of drug-likeness (QED) is 0.317. The Labute approximate surface area is 90.5 Å². The second-order valence-electron chi connectivity index (χ2n) is 3.02. The lowest BCUT2D eigenvalue weighted by molar-refractivity contribution is -0.141. The fourth-order valence-electron chi connectivity index (χ4n) is 1.19. The molecule has 1 heterocycles. The van der Waals surface area contributed by atoms with E-state index in [4.69, 9.17) is 5.73 Å². The fraction of sp³-hybridized carbons (Fsp3) is 0.111. The van der Waals surface area contributed by atoms with E-state index in [-0.39, 0.29) is 5.96 Å². The highest BCUT2D eigenvalue weighted by molar-refractivity contribution is 5.89. The first-order valence-electron chi connectivity index (χ1n) is 4.50. The molecule has 0 unspecified atom stereocenters. The first-order valence-corrected chi connectivity index (χ1v) is 4.50. The Hall–Kier alpha value is -2.44. The number of rotatable bonds is 1. The number of oxime groups is 1. The number of para-hydroxylation sites is 1. The van der Waals surface area contributed by atoms with E-state index < -0.39 is 5.97 Å². The van der Waals surface area contributed by atoms with Gasteiger partial charge in [0.05, 0.1) is 5.52 Å². The van der Waals surface area contributed by atoms with Crippen LogP contribution in [0.25, 0.3) is 11.0 Å². The summed E-state index contributed by atoms with van der Waals surface area (Å²) in [6, 6.07) is 7.23. The molecule has 0 atom stereocenters. The van der Waals surface area contributed by atoms with Gasteiger partial charge in [-0.25, -0.2) is 4.79 Å². The van der Waals surface area contributed by atoms with Crippen molar-refractivity contribution in [3.8, 4) is 0 Å². The van der Waals surface area contributed by atoms with E-state index in [9.17, 15) is 4.79 Å². The maximum Gasteiger partial charge on any atom is 0.332 e. The number of fused-ring (bicyclic) bond motifs is 1. The highest BCUT2D eigenvalue weighted by Crippen LogP contribution is 2.08. The molecule has 0 amide bonds. The molecule has 0 spiro atoms. The van der Waals surface area contributed by atoms with Crippen LogP contribution in [0.3, 0.4) is 0 Å². The molecule has 1 aromatic carbocycles. The zero-order valence-corrected chi connectivity index (χ0v) is 8.49. The van der Waals surface area contributed by atoms with Gasteiger partial charge < -0.3 is 10.6 Å². The van der Waals surface area contributed by atoms with Crippen LogP contribution in [0.4, 0.5) is 0 Å². The SMILES string of the molecule is CC(=O)O/N=C(\N)n1nnc2ccccc21. The van der Waals surface area contributed by atoms with Crippen LogP contribution in [0.1, 0.15) is 6.92 Å². The number of benzene rings is 1. The summed E-state index contributed by atoms with van der Waals surface area (Å²) in [5.74, 6) is -0.601. The summed E-state index contributed by atoms with van der Waals surface area (Å²) in [5.41, 5.74) is 6.96. The number of hydrogen-bond donors (Lipinski definition) is 1. The third-order valence-electron chi connectivity index (χ3n) is 1.84. The minimum Gasteiger partial charge on any atom is -0.365 e. The number of aromatic nitrogens is 3. The Morgan fingerprint density at radius 2 is 2.25 bits per heavy atom. The number of hydrogen-bond acceptors (Lipinski definition) is 5. The van der Waals surface area contributed by atoms with Crippen molar-refractivity contribution in [1.29, 1.82) is 0 Å². The second-order valence-corrected chi connectivity index (χ2v) is 3.02. The second kappa shape index (κ2) is 3.97. The minimum atomic E-state index is -0.549. The van der Waals surface area contributed by atoms with E-state index in [1.54, 1.807) is 12.1 Å². The fourth-order valence-corrected chi connectivity index (χ4v) is 1.19. The van der Waals surface area contributed by atoms with Crippen LogP contribution in [0.5, 0.6) is 0 Å². The van der Waals surface area contributed by atoms with Crippen molar-refractivity contribution in [1.82, 2.24) is 15.0 Å². The molecule has 0 aliphatic rings. The highest BCUT2D eigenvalue weighted by atomic mass is 16.7. The molecule has 2 N–H and O–H groups in total. The Morgan fingerprint density at radius 3 is 3.00 bits per heavy atom. The lowest BCUT2D eigenvalue weighted by atomic mass is 10.3. The van der Waals surface area contributed by atoms with Crippen LogP contribution in [0.15, 0.2) is 29.4 Å². The van der Waals surface area contributed by atoms with E-state index in [1.165, 1.54) is 11.6 Å². The molecule has 82 valence electrons. The van der Waals surface area contributed by atoms with Crippen molar-refractivity contribution < 1.29 is 9.63 Å². The van der Waals surface area contributed by atoms with Crippen molar-refractivity contribution in [2.75, 3.05) is 0 Å². The van der Waals surface area contributed by atoms with Crippen LogP contribution in [0, 0.1) is 0 Å². The molecule has 0 saturated heterocycles. The number of nitrogens with zero attached hydrogens (tertiary/aromatic N) is 4. The Bertz CT molecular complexity index is 560. The van der Waals surface area contributed by atoms with Crippen LogP contribution in [-0.4, -0.2) is 26.9 Å². The van der Waals surface area contributed by atoms with Crippen molar-refractivity contribution in [3.05, 3.63) is 24.3 Å². The zero-order chi connectivity index (χ0) is 11.5. The van der Waals surface area contributed by atoms with Gasteiger partial charge in [-0.2, -0.15) is 4.68 Å². The van der Waals surface area contributed by atoms with E-state index in [1.807, 2.05) is 12.1 Å². The Kier molecular flexibility index (Phi) is 2.50. The van der Waals surface area contributed by atoms with Gasteiger partial charge in [0.2, 0.25) is 0 Å². The molecule has 2 rings (SSSR count). The first kappa shape index (κ1) is 10.1. The predicted octanol–water partition coefficient (Wildman–Crippen LogP) is 0.0722. The maximum absolute atomic E-state index is 10.6. The molecule has 0 bridgehead atoms. The number of nitrogens with two attached hydrogens (primary N) is 1. The van der Waals surface area contributed by atoms with Crippen LogP contribution >= 0.6 is 0 Å². The van der Waals surface area contributed by atoms with Crippen molar-refractivity contribution in [3.63, 3.8) is 0 Å². The van der Waals surface area contributed by atoms with Gasteiger partial charge in [0.25, 0.3) is 5.96 Å². The van der Waals surface area contributed by atoms with Gasteiger partial charge in [0.1, 0.15) is 5.52 Å². The normalized spacial score (nSPS) is 11.7. The van der Waals surface area contributed by atoms with Gasteiger partial charge in [-0.1, -0.05) is 17.3 Å². The zero-order valence-electron chi connectivity index (χ0n) is 8.49. The van der Waals surface area contributed by atoms with E-state index >= 15 is 0 Å². The van der Waals surface area contributed by atoms with Crippen molar-refractivity contribution >= 4 is 23.0 Å². The lowest BCUT2D eigenvalue weighted by Gasteiger charge is -1.98. The molecule has 1 aromatic heterocycles. The summed E-state index contributed by atoms with van der Waals surface area (Å²) in [6.45, 7) is 1.23. The van der Waals surface area contributed by atoms with E-state index in [2.05, 4.69) is 20.3 Å². The summed E-state index contributed by atoms with van der Waals surface area (Å²) < 4.78 is 1.29. The molecule has 2 aromatic rings. The van der Waals surface area contributed by atoms with Gasteiger partial charge in [-0.05, 0) is 17.3 Å². The van der Waals surface area contributed by atoms with Gasteiger partial charge >= 0.3 is 5.97 Å². The van der Waals surface area contributed by atoms with E-state index in [0.717, 1.165) is 0 Å². The third-order valence-corrected chi connectivity index (χ3v) is 1.84. The Balaban J connectivity index is 2.40. The molecular weight excluding hydrogens is 210 g/mol. The summed E-state index contributed by atoms with van der Waals surface area (Å²) >= 11 is 0. The molecule has 0 radical (unpaired) electrons.